The number of carbonyl (C=O) groups excluding carboxylic acids is 1. The molecule has 27 heavy (non-hydrogen) atoms. The molecule has 0 atom stereocenters. The van der Waals surface area contributed by atoms with E-state index in [2.05, 4.69) is 13.8 Å². The molecule has 2 aromatic rings. The van der Waals surface area contributed by atoms with Gasteiger partial charge in [-0.25, -0.2) is 0 Å². The summed E-state index contributed by atoms with van der Waals surface area (Å²) in [6, 6.07) is 15.0. The zero-order chi connectivity index (χ0) is 19.4. The highest BCUT2D eigenvalue weighted by atomic mass is 35.5. The average molecular weight is 383 g/mol. The van der Waals surface area contributed by atoms with Gasteiger partial charge in [-0.15, -0.1) is 0 Å². The maximum absolute atomic E-state index is 12.7. The van der Waals surface area contributed by atoms with Crippen LogP contribution in [-0.2, 0) is 0 Å². The van der Waals surface area contributed by atoms with Gasteiger partial charge in [-0.05, 0) is 35.7 Å². The van der Waals surface area contributed by atoms with Gasteiger partial charge in [-0.1, -0.05) is 37.6 Å². The Morgan fingerprint density at radius 3 is 2.41 bits per heavy atom. The number of nitriles is 1. The zero-order valence-electron chi connectivity index (χ0n) is 15.6. The number of likely N-dealkylation sites (tertiary alicyclic amines) is 1. The fraction of sp³-hybridized carbons (Fsp3) is 0.364. The highest BCUT2D eigenvalue weighted by Gasteiger charge is 2.25. The van der Waals surface area contributed by atoms with Gasteiger partial charge in [0.25, 0.3) is 5.91 Å². The topological polar surface area (TPSA) is 53.3 Å². The number of hydrogen-bond donors (Lipinski definition) is 0. The summed E-state index contributed by atoms with van der Waals surface area (Å²) in [7, 11) is 0. The minimum atomic E-state index is 0.0429. The van der Waals surface area contributed by atoms with Crippen LogP contribution in [0.3, 0.4) is 0 Å². The monoisotopic (exact) mass is 382 g/mol. The quantitative estimate of drug-likeness (QED) is 0.746. The van der Waals surface area contributed by atoms with Gasteiger partial charge in [0.15, 0.2) is 0 Å². The highest BCUT2D eigenvalue weighted by molar-refractivity contribution is 6.31. The second kappa shape index (κ2) is 8.45. The van der Waals surface area contributed by atoms with E-state index in [-0.39, 0.29) is 12.0 Å². The molecule has 0 aromatic heterocycles. The first-order valence-electron chi connectivity index (χ1n) is 9.23. The first-order valence-corrected chi connectivity index (χ1v) is 9.61. The van der Waals surface area contributed by atoms with E-state index in [1.54, 1.807) is 18.2 Å². The Kier molecular flexibility index (Phi) is 6.03. The number of piperidine rings is 1. The first-order chi connectivity index (χ1) is 13.0. The molecule has 1 fully saturated rings. The third-order valence-corrected chi connectivity index (χ3v) is 5.23. The molecule has 5 heteroatoms. The van der Waals surface area contributed by atoms with Gasteiger partial charge in [0.1, 0.15) is 17.9 Å². The summed E-state index contributed by atoms with van der Waals surface area (Å²) in [5, 5.41) is 9.33. The molecule has 2 aromatic carbocycles. The SMILES string of the molecule is CC(C)c1ccc(C(=O)N2CCC(Oc3ccc(C#N)c(Cl)c3)CC2)cc1. The van der Waals surface area contributed by atoms with Gasteiger partial charge in [-0.3, -0.25) is 4.79 Å². The van der Waals surface area contributed by atoms with E-state index in [0.717, 1.165) is 18.4 Å². The van der Waals surface area contributed by atoms with Crippen molar-refractivity contribution in [2.75, 3.05) is 13.1 Å². The van der Waals surface area contributed by atoms with Gasteiger partial charge in [0.2, 0.25) is 0 Å². The van der Waals surface area contributed by atoms with Crippen LogP contribution in [0.1, 0.15) is 54.1 Å². The Hall–Kier alpha value is -2.51. The molecule has 1 heterocycles. The standard InChI is InChI=1S/C22H23ClN2O2/c1-15(2)16-3-5-17(6-4-16)22(26)25-11-9-19(10-12-25)27-20-8-7-18(14-24)21(23)13-20/h3-8,13,15,19H,9-12H2,1-2H3. The Bertz CT molecular complexity index is 848. The largest absolute Gasteiger partial charge is 0.490 e. The van der Waals surface area contributed by atoms with Crippen molar-refractivity contribution < 1.29 is 9.53 Å². The third-order valence-electron chi connectivity index (χ3n) is 4.92. The van der Waals surface area contributed by atoms with Crippen molar-refractivity contribution in [3.05, 3.63) is 64.2 Å². The van der Waals surface area contributed by atoms with Gasteiger partial charge in [0, 0.05) is 37.6 Å². The van der Waals surface area contributed by atoms with Crippen molar-refractivity contribution >= 4 is 17.5 Å². The number of halogens is 1. The van der Waals surface area contributed by atoms with Crippen LogP contribution in [0.25, 0.3) is 0 Å². The second-order valence-corrected chi connectivity index (χ2v) is 7.55. The van der Waals surface area contributed by atoms with Gasteiger partial charge in [-0.2, -0.15) is 5.26 Å². The molecule has 1 amide bonds. The predicted molar refractivity (Wildman–Crippen MR) is 106 cm³/mol. The number of hydrogen-bond acceptors (Lipinski definition) is 3. The summed E-state index contributed by atoms with van der Waals surface area (Å²) in [5.41, 5.74) is 2.41. The first kappa shape index (κ1) is 19.3. The molecule has 140 valence electrons. The van der Waals surface area contributed by atoms with E-state index in [0.29, 0.717) is 35.3 Å². The van der Waals surface area contributed by atoms with E-state index in [4.69, 9.17) is 21.6 Å². The van der Waals surface area contributed by atoms with Crippen molar-refractivity contribution in [1.82, 2.24) is 4.90 Å². The molecular formula is C22H23ClN2O2. The molecule has 0 saturated carbocycles. The molecule has 1 aliphatic rings. The van der Waals surface area contributed by atoms with Crippen LogP contribution >= 0.6 is 11.6 Å². The van der Waals surface area contributed by atoms with Crippen LogP contribution in [0.4, 0.5) is 0 Å². The third kappa shape index (κ3) is 4.61. The van der Waals surface area contributed by atoms with Crippen molar-refractivity contribution in [3.63, 3.8) is 0 Å². The molecule has 1 saturated heterocycles. The van der Waals surface area contributed by atoms with Crippen LogP contribution in [-0.4, -0.2) is 30.0 Å². The van der Waals surface area contributed by atoms with Gasteiger partial charge >= 0.3 is 0 Å². The Balaban J connectivity index is 1.56. The van der Waals surface area contributed by atoms with Gasteiger partial charge < -0.3 is 9.64 Å². The van der Waals surface area contributed by atoms with E-state index >= 15 is 0 Å². The summed E-state index contributed by atoms with van der Waals surface area (Å²) >= 11 is 6.05. The average Bonchev–Trinajstić information content (AvgIpc) is 2.68. The van der Waals surface area contributed by atoms with E-state index in [1.165, 1.54) is 5.56 Å². The number of carbonyl (C=O) groups is 1. The molecule has 0 radical (unpaired) electrons. The highest BCUT2D eigenvalue weighted by Crippen LogP contribution is 2.25. The second-order valence-electron chi connectivity index (χ2n) is 7.14. The minimum Gasteiger partial charge on any atom is -0.490 e. The number of nitrogens with zero attached hydrogens (tertiary/aromatic N) is 2. The fourth-order valence-corrected chi connectivity index (χ4v) is 3.43. The van der Waals surface area contributed by atoms with Crippen LogP contribution < -0.4 is 4.74 Å². The Labute approximate surface area is 165 Å². The fourth-order valence-electron chi connectivity index (χ4n) is 3.22. The summed E-state index contributed by atoms with van der Waals surface area (Å²) in [6.45, 7) is 5.62. The minimum absolute atomic E-state index is 0.0429. The lowest BCUT2D eigenvalue weighted by atomic mass is 10.0. The van der Waals surface area contributed by atoms with Crippen molar-refractivity contribution in [3.8, 4) is 11.8 Å². The molecule has 0 unspecified atom stereocenters. The van der Waals surface area contributed by atoms with E-state index in [1.807, 2.05) is 35.2 Å². The normalized spacial score (nSPS) is 14.9. The van der Waals surface area contributed by atoms with Gasteiger partial charge in [0.05, 0.1) is 10.6 Å². The number of amides is 1. The molecule has 0 aliphatic carbocycles. The van der Waals surface area contributed by atoms with E-state index in [9.17, 15) is 4.79 Å². The summed E-state index contributed by atoms with van der Waals surface area (Å²) in [5.74, 6) is 1.19. The van der Waals surface area contributed by atoms with Crippen LogP contribution in [0.5, 0.6) is 5.75 Å². The van der Waals surface area contributed by atoms with Crippen molar-refractivity contribution in [2.45, 2.75) is 38.7 Å². The molecule has 0 N–H and O–H groups in total. The maximum atomic E-state index is 12.7. The summed E-state index contributed by atoms with van der Waals surface area (Å²) < 4.78 is 5.98. The van der Waals surface area contributed by atoms with Crippen molar-refractivity contribution in [1.29, 1.82) is 5.26 Å². The number of benzene rings is 2. The zero-order valence-corrected chi connectivity index (χ0v) is 16.4. The van der Waals surface area contributed by atoms with Crippen LogP contribution in [0, 0.1) is 11.3 Å². The molecule has 0 spiro atoms. The van der Waals surface area contributed by atoms with E-state index < -0.39 is 0 Å². The number of rotatable bonds is 4. The molecule has 3 rings (SSSR count). The lowest BCUT2D eigenvalue weighted by molar-refractivity contribution is 0.0595. The Morgan fingerprint density at radius 1 is 1.19 bits per heavy atom. The smallest absolute Gasteiger partial charge is 0.253 e. The molecule has 1 aliphatic heterocycles. The molecule has 4 nitrogen and oxygen atoms in total. The summed E-state index contributed by atoms with van der Waals surface area (Å²) in [6.07, 6.45) is 1.59. The number of ether oxygens (including phenoxy) is 1. The lowest BCUT2D eigenvalue weighted by Crippen LogP contribution is -2.41. The molecule has 0 bridgehead atoms. The van der Waals surface area contributed by atoms with Crippen LogP contribution in [0.2, 0.25) is 5.02 Å². The molecular weight excluding hydrogens is 360 g/mol. The Morgan fingerprint density at radius 2 is 1.85 bits per heavy atom. The van der Waals surface area contributed by atoms with Crippen LogP contribution in [0.15, 0.2) is 42.5 Å². The maximum Gasteiger partial charge on any atom is 0.253 e. The lowest BCUT2D eigenvalue weighted by Gasteiger charge is -2.32. The van der Waals surface area contributed by atoms with Crippen molar-refractivity contribution in [2.24, 2.45) is 0 Å². The predicted octanol–water partition coefficient (Wildman–Crippen LogP) is 5.02. The summed E-state index contributed by atoms with van der Waals surface area (Å²) in [4.78, 5) is 14.6.